The lowest BCUT2D eigenvalue weighted by molar-refractivity contribution is 0.181. The van der Waals surface area contributed by atoms with Crippen LogP contribution in [0, 0.1) is 6.92 Å². The van der Waals surface area contributed by atoms with Crippen LogP contribution < -0.4 is 10.2 Å². The summed E-state index contributed by atoms with van der Waals surface area (Å²) in [5, 5.41) is 15.2. The summed E-state index contributed by atoms with van der Waals surface area (Å²) < 4.78 is 6.91. The van der Waals surface area contributed by atoms with Crippen LogP contribution >= 0.6 is 0 Å². The molecule has 142 valence electrons. The van der Waals surface area contributed by atoms with Gasteiger partial charge in [0.05, 0.1) is 24.1 Å². The van der Waals surface area contributed by atoms with Crippen molar-refractivity contribution in [2.75, 3.05) is 23.4 Å². The zero-order chi connectivity index (χ0) is 19.1. The Bertz CT molecular complexity index is 1000. The number of anilines is 2. The molecular weight excluding hydrogens is 346 g/mol. The Morgan fingerprint density at radius 3 is 2.81 bits per heavy atom. The maximum Gasteiger partial charge on any atom is 0.415 e. The van der Waals surface area contributed by atoms with E-state index in [1.807, 2.05) is 26.4 Å². The van der Waals surface area contributed by atoms with Crippen LogP contribution in [0.15, 0.2) is 12.4 Å². The van der Waals surface area contributed by atoms with E-state index >= 15 is 0 Å². The Kier molecular flexibility index (Phi) is 4.21. The SMILES string of the molecule is Cc1[nH]nc2c(NCc3cnn(C)c3)c(C(C)C)c(N3CCOC3=O)nc12. The Morgan fingerprint density at radius 2 is 2.19 bits per heavy atom. The van der Waals surface area contributed by atoms with E-state index in [1.54, 1.807) is 9.58 Å². The number of hydrogen-bond donors (Lipinski definition) is 2. The number of aryl methyl sites for hydroxylation is 2. The lowest BCUT2D eigenvalue weighted by Gasteiger charge is -2.22. The highest BCUT2D eigenvalue weighted by atomic mass is 16.6. The zero-order valence-corrected chi connectivity index (χ0v) is 15.9. The maximum atomic E-state index is 12.2. The van der Waals surface area contributed by atoms with Crippen LogP contribution in [0.2, 0.25) is 0 Å². The molecule has 1 aliphatic heterocycles. The molecule has 9 nitrogen and oxygen atoms in total. The van der Waals surface area contributed by atoms with Gasteiger partial charge in [0.15, 0.2) is 0 Å². The molecule has 0 unspecified atom stereocenters. The van der Waals surface area contributed by atoms with Gasteiger partial charge in [-0.2, -0.15) is 10.2 Å². The lowest BCUT2D eigenvalue weighted by atomic mass is 9.99. The van der Waals surface area contributed by atoms with Gasteiger partial charge in [-0.3, -0.25) is 14.7 Å². The maximum absolute atomic E-state index is 12.2. The second kappa shape index (κ2) is 6.57. The highest BCUT2D eigenvalue weighted by Crippen LogP contribution is 2.39. The fourth-order valence-electron chi connectivity index (χ4n) is 3.41. The number of aromatic amines is 1. The summed E-state index contributed by atoms with van der Waals surface area (Å²) in [6.45, 7) is 7.57. The van der Waals surface area contributed by atoms with Gasteiger partial charge in [-0.05, 0) is 12.8 Å². The first-order valence-corrected chi connectivity index (χ1v) is 9.00. The first-order valence-electron chi connectivity index (χ1n) is 9.00. The molecule has 0 radical (unpaired) electrons. The molecule has 0 bridgehead atoms. The molecule has 0 atom stereocenters. The van der Waals surface area contributed by atoms with Crippen LogP contribution in [0.4, 0.5) is 16.3 Å². The zero-order valence-electron chi connectivity index (χ0n) is 15.9. The minimum absolute atomic E-state index is 0.138. The second-order valence-electron chi connectivity index (χ2n) is 7.07. The number of carbonyl (C=O) groups is 1. The van der Waals surface area contributed by atoms with Crippen molar-refractivity contribution in [1.29, 1.82) is 0 Å². The molecule has 0 aromatic carbocycles. The van der Waals surface area contributed by atoms with E-state index in [0.717, 1.165) is 33.5 Å². The number of hydrogen-bond acceptors (Lipinski definition) is 6. The Morgan fingerprint density at radius 1 is 1.37 bits per heavy atom. The quantitative estimate of drug-likeness (QED) is 0.717. The molecule has 1 saturated heterocycles. The summed E-state index contributed by atoms with van der Waals surface area (Å²) >= 11 is 0. The van der Waals surface area contributed by atoms with E-state index < -0.39 is 0 Å². The third-order valence-corrected chi connectivity index (χ3v) is 4.70. The molecule has 9 heteroatoms. The van der Waals surface area contributed by atoms with Gasteiger partial charge >= 0.3 is 6.09 Å². The van der Waals surface area contributed by atoms with Crippen LogP contribution in [0.25, 0.3) is 11.0 Å². The van der Waals surface area contributed by atoms with Crippen molar-refractivity contribution in [1.82, 2.24) is 25.0 Å². The number of aromatic nitrogens is 5. The smallest absolute Gasteiger partial charge is 0.415 e. The number of nitrogens with one attached hydrogen (secondary N) is 2. The summed E-state index contributed by atoms with van der Waals surface area (Å²) in [5.74, 6) is 0.775. The minimum atomic E-state index is -0.358. The van der Waals surface area contributed by atoms with Crippen LogP contribution in [0.3, 0.4) is 0 Å². The molecule has 27 heavy (non-hydrogen) atoms. The van der Waals surface area contributed by atoms with Gasteiger partial charge in [-0.15, -0.1) is 0 Å². The van der Waals surface area contributed by atoms with E-state index in [9.17, 15) is 4.79 Å². The Hall–Kier alpha value is -3.10. The van der Waals surface area contributed by atoms with Gasteiger partial charge in [0, 0.05) is 30.9 Å². The van der Waals surface area contributed by atoms with Crippen LogP contribution in [0.1, 0.15) is 36.6 Å². The topological polar surface area (TPSA) is 101 Å². The summed E-state index contributed by atoms with van der Waals surface area (Å²) in [6, 6.07) is 0. The lowest BCUT2D eigenvalue weighted by Crippen LogP contribution is -2.26. The molecule has 3 aromatic heterocycles. The highest BCUT2D eigenvalue weighted by molar-refractivity contribution is 5.98. The van der Waals surface area contributed by atoms with Crippen molar-refractivity contribution in [2.45, 2.75) is 33.2 Å². The molecule has 4 heterocycles. The second-order valence-corrected chi connectivity index (χ2v) is 7.07. The van der Waals surface area contributed by atoms with Gasteiger partial charge in [0.25, 0.3) is 0 Å². The monoisotopic (exact) mass is 369 g/mol. The van der Waals surface area contributed by atoms with E-state index in [0.29, 0.717) is 25.5 Å². The van der Waals surface area contributed by atoms with Gasteiger partial charge in [0.2, 0.25) is 0 Å². The number of fused-ring (bicyclic) bond motifs is 1. The number of carbonyl (C=O) groups excluding carboxylic acids is 1. The molecule has 0 saturated carbocycles. The van der Waals surface area contributed by atoms with Crippen molar-refractivity contribution >= 4 is 28.6 Å². The Labute approximate surface area is 156 Å². The molecule has 0 aliphatic carbocycles. The highest BCUT2D eigenvalue weighted by Gasteiger charge is 2.31. The number of rotatable bonds is 5. The molecule has 1 aliphatic rings. The average molecular weight is 369 g/mol. The number of amides is 1. The van der Waals surface area contributed by atoms with Gasteiger partial charge in [-0.25, -0.2) is 9.78 Å². The third kappa shape index (κ3) is 2.98. The van der Waals surface area contributed by atoms with Crippen molar-refractivity contribution < 1.29 is 9.53 Å². The average Bonchev–Trinajstić information content (AvgIpc) is 3.33. The van der Waals surface area contributed by atoms with Crippen molar-refractivity contribution in [3.63, 3.8) is 0 Å². The van der Waals surface area contributed by atoms with E-state index in [2.05, 4.69) is 34.5 Å². The number of ether oxygens (including phenoxy) is 1. The summed E-state index contributed by atoms with van der Waals surface area (Å²) in [7, 11) is 1.89. The summed E-state index contributed by atoms with van der Waals surface area (Å²) in [5.41, 5.74) is 5.29. The van der Waals surface area contributed by atoms with E-state index in [1.165, 1.54) is 0 Å². The normalized spacial score (nSPS) is 14.4. The number of pyridine rings is 1. The van der Waals surface area contributed by atoms with E-state index in [-0.39, 0.29) is 12.0 Å². The van der Waals surface area contributed by atoms with Gasteiger partial charge in [-0.1, -0.05) is 13.8 Å². The van der Waals surface area contributed by atoms with Crippen LogP contribution in [-0.4, -0.2) is 44.2 Å². The molecule has 0 spiro atoms. The predicted molar refractivity (Wildman–Crippen MR) is 102 cm³/mol. The molecular formula is C18H23N7O2. The van der Waals surface area contributed by atoms with Gasteiger partial charge < -0.3 is 10.1 Å². The van der Waals surface area contributed by atoms with Gasteiger partial charge in [0.1, 0.15) is 23.5 Å². The van der Waals surface area contributed by atoms with Crippen molar-refractivity contribution in [3.05, 3.63) is 29.2 Å². The van der Waals surface area contributed by atoms with E-state index in [4.69, 9.17) is 9.72 Å². The molecule has 3 aromatic rings. The fourth-order valence-corrected chi connectivity index (χ4v) is 3.41. The fraction of sp³-hybridized carbons (Fsp3) is 0.444. The molecule has 2 N–H and O–H groups in total. The standard InChI is InChI=1S/C18H23N7O2/c1-10(2)13-15(19-7-12-8-20-24(4)9-12)16-14(11(3)22-23-16)21-17(13)25-5-6-27-18(25)26/h8-10H,5-7H2,1-4H3,(H,19,21)(H,22,23). The van der Waals surface area contributed by atoms with Crippen LogP contribution in [0.5, 0.6) is 0 Å². The number of nitrogens with zero attached hydrogens (tertiary/aromatic N) is 5. The predicted octanol–water partition coefficient (Wildman–Crippen LogP) is 2.69. The van der Waals surface area contributed by atoms with Crippen molar-refractivity contribution in [3.8, 4) is 0 Å². The van der Waals surface area contributed by atoms with Crippen molar-refractivity contribution in [2.24, 2.45) is 7.05 Å². The molecule has 1 amide bonds. The first-order chi connectivity index (χ1) is 13.0. The third-order valence-electron chi connectivity index (χ3n) is 4.70. The summed E-state index contributed by atoms with van der Waals surface area (Å²) in [4.78, 5) is 18.6. The van der Waals surface area contributed by atoms with Crippen LogP contribution in [-0.2, 0) is 18.3 Å². The summed E-state index contributed by atoms with van der Waals surface area (Å²) in [6.07, 6.45) is 3.44. The minimum Gasteiger partial charge on any atom is -0.447 e. The number of H-pyrrole nitrogens is 1. The Balaban J connectivity index is 1.85. The molecule has 4 rings (SSSR count). The number of cyclic esters (lactones) is 1. The first kappa shape index (κ1) is 17.3. The molecule has 1 fully saturated rings. The largest absolute Gasteiger partial charge is 0.447 e.